The predicted molar refractivity (Wildman–Crippen MR) is 96.0 cm³/mol. The van der Waals surface area contributed by atoms with E-state index in [9.17, 15) is 18.3 Å². The minimum absolute atomic E-state index is 0.0103. The zero-order chi connectivity index (χ0) is 18.6. The van der Waals surface area contributed by atoms with Crippen molar-refractivity contribution in [1.29, 1.82) is 0 Å². The largest absolute Gasteiger partial charge is 0.477 e. The fourth-order valence-electron chi connectivity index (χ4n) is 2.67. The van der Waals surface area contributed by atoms with Crippen molar-refractivity contribution < 1.29 is 18.3 Å². The van der Waals surface area contributed by atoms with Gasteiger partial charge in [0.1, 0.15) is 10.6 Å². The highest BCUT2D eigenvalue weighted by Gasteiger charge is 2.30. The van der Waals surface area contributed by atoms with Crippen molar-refractivity contribution in [2.45, 2.75) is 51.2 Å². The molecule has 2 aromatic rings. The number of carbonyl (C=O) groups is 1. The second kappa shape index (κ2) is 7.84. The summed E-state index contributed by atoms with van der Waals surface area (Å²) in [4.78, 5) is 11.4. The van der Waals surface area contributed by atoms with Gasteiger partial charge in [0.15, 0.2) is 0 Å². The first-order valence-corrected chi connectivity index (χ1v) is 9.70. The second-order valence-electron chi connectivity index (χ2n) is 6.19. The normalized spacial score (nSPS) is 12.0. The van der Waals surface area contributed by atoms with E-state index in [-0.39, 0.29) is 23.2 Å². The van der Waals surface area contributed by atoms with Gasteiger partial charge in [-0.05, 0) is 31.9 Å². The van der Waals surface area contributed by atoms with Gasteiger partial charge in [0.05, 0.1) is 0 Å². The number of carboxylic acids is 1. The Morgan fingerprint density at radius 2 is 1.88 bits per heavy atom. The first-order chi connectivity index (χ1) is 11.8. The van der Waals surface area contributed by atoms with E-state index in [2.05, 4.69) is 0 Å². The van der Waals surface area contributed by atoms with Crippen LogP contribution in [0.5, 0.6) is 0 Å². The Balaban J connectivity index is 2.43. The Labute approximate surface area is 148 Å². The Morgan fingerprint density at radius 1 is 1.24 bits per heavy atom. The molecule has 1 heterocycles. The van der Waals surface area contributed by atoms with E-state index < -0.39 is 16.0 Å². The van der Waals surface area contributed by atoms with Crippen molar-refractivity contribution in [3.8, 4) is 0 Å². The van der Waals surface area contributed by atoms with E-state index in [0.29, 0.717) is 13.0 Å². The molecule has 0 aliphatic carbocycles. The molecule has 1 aromatic heterocycles. The summed E-state index contributed by atoms with van der Waals surface area (Å²) in [6.45, 7) is 6.22. The summed E-state index contributed by atoms with van der Waals surface area (Å²) >= 11 is 0. The Morgan fingerprint density at radius 3 is 2.40 bits per heavy atom. The molecule has 0 aliphatic rings. The minimum atomic E-state index is -3.80. The molecule has 0 saturated heterocycles. The topological polar surface area (TPSA) is 79.6 Å². The van der Waals surface area contributed by atoms with E-state index in [1.54, 1.807) is 0 Å². The number of aromatic carboxylic acids is 1. The summed E-state index contributed by atoms with van der Waals surface area (Å²) in [5.41, 5.74) is 0.870. The summed E-state index contributed by atoms with van der Waals surface area (Å²) in [5, 5.41) is 9.33. The van der Waals surface area contributed by atoms with Crippen molar-refractivity contribution in [1.82, 2.24) is 8.87 Å². The fraction of sp³-hybridized carbons (Fsp3) is 0.389. The lowest BCUT2D eigenvalue weighted by molar-refractivity contribution is 0.0685. The monoisotopic (exact) mass is 364 g/mol. The number of carboxylic acid groups (broad SMARTS) is 1. The molecule has 0 bridgehead atoms. The number of rotatable bonds is 8. The first-order valence-electron chi connectivity index (χ1n) is 8.26. The van der Waals surface area contributed by atoms with Gasteiger partial charge >= 0.3 is 5.97 Å². The van der Waals surface area contributed by atoms with E-state index in [1.807, 2.05) is 51.1 Å². The van der Waals surface area contributed by atoms with Crippen LogP contribution < -0.4 is 0 Å². The van der Waals surface area contributed by atoms with Gasteiger partial charge in [-0.1, -0.05) is 37.3 Å². The van der Waals surface area contributed by atoms with Gasteiger partial charge in [-0.25, -0.2) is 13.2 Å². The van der Waals surface area contributed by atoms with Gasteiger partial charge in [0.25, 0.3) is 0 Å². The number of benzene rings is 1. The van der Waals surface area contributed by atoms with Gasteiger partial charge in [-0.2, -0.15) is 4.31 Å². The Hall–Kier alpha value is -2.12. The lowest BCUT2D eigenvalue weighted by Crippen LogP contribution is -2.36. The molecule has 2 rings (SSSR count). The quantitative estimate of drug-likeness (QED) is 0.780. The molecule has 0 saturated carbocycles. The maximum absolute atomic E-state index is 13.1. The first kappa shape index (κ1) is 19.2. The van der Waals surface area contributed by atoms with Crippen LogP contribution in [0.25, 0.3) is 0 Å². The van der Waals surface area contributed by atoms with Crippen molar-refractivity contribution in [3.05, 3.63) is 53.9 Å². The molecule has 1 aromatic carbocycles. The van der Waals surface area contributed by atoms with Gasteiger partial charge in [0, 0.05) is 25.3 Å². The Bertz CT molecular complexity index is 826. The highest BCUT2D eigenvalue weighted by Crippen LogP contribution is 2.23. The maximum Gasteiger partial charge on any atom is 0.352 e. The van der Waals surface area contributed by atoms with E-state index in [4.69, 9.17) is 0 Å². The molecule has 0 spiro atoms. The lowest BCUT2D eigenvalue weighted by Gasteiger charge is -2.25. The summed E-state index contributed by atoms with van der Waals surface area (Å²) in [6.07, 6.45) is 2.13. The van der Waals surface area contributed by atoms with Crippen LogP contribution in [0.4, 0.5) is 0 Å². The summed E-state index contributed by atoms with van der Waals surface area (Å²) in [7, 11) is -3.80. The van der Waals surface area contributed by atoms with Crippen molar-refractivity contribution in [2.24, 2.45) is 0 Å². The molecule has 0 unspecified atom stereocenters. The third-order valence-electron chi connectivity index (χ3n) is 3.92. The van der Waals surface area contributed by atoms with Crippen LogP contribution >= 0.6 is 0 Å². The van der Waals surface area contributed by atoms with Crippen molar-refractivity contribution >= 4 is 16.0 Å². The third kappa shape index (κ3) is 4.29. The lowest BCUT2D eigenvalue weighted by atomic mass is 10.2. The molecule has 1 N–H and O–H groups in total. The summed E-state index contributed by atoms with van der Waals surface area (Å²) in [5.74, 6) is -1.13. The zero-order valence-electron chi connectivity index (χ0n) is 14.7. The molecular weight excluding hydrogens is 340 g/mol. The molecule has 0 atom stereocenters. The van der Waals surface area contributed by atoms with E-state index in [1.165, 1.54) is 21.1 Å². The standard InChI is InChI=1S/C18H24N2O4S/c1-4-10-19-13-16(11-17(19)18(21)22)25(23,24)20(14(2)3)12-15-8-6-5-7-9-15/h5-9,11,13-14H,4,10,12H2,1-3H3,(H,21,22). The molecule has 0 aliphatic heterocycles. The molecule has 136 valence electrons. The third-order valence-corrected chi connectivity index (χ3v) is 5.91. The average Bonchev–Trinajstić information content (AvgIpc) is 2.98. The molecule has 0 amide bonds. The van der Waals surface area contributed by atoms with Crippen LogP contribution in [0.15, 0.2) is 47.5 Å². The number of aromatic nitrogens is 1. The second-order valence-corrected chi connectivity index (χ2v) is 8.08. The van der Waals surface area contributed by atoms with Crippen LogP contribution in [0.1, 0.15) is 43.2 Å². The van der Waals surface area contributed by atoms with Crippen molar-refractivity contribution in [3.63, 3.8) is 0 Å². The summed E-state index contributed by atoms with van der Waals surface area (Å²) < 4.78 is 29.1. The van der Waals surface area contributed by atoms with Gasteiger partial charge in [-0.3, -0.25) is 0 Å². The average molecular weight is 364 g/mol. The Kier molecular flexibility index (Phi) is 6.02. The highest BCUT2D eigenvalue weighted by atomic mass is 32.2. The highest BCUT2D eigenvalue weighted by molar-refractivity contribution is 7.89. The van der Waals surface area contributed by atoms with Crippen LogP contribution in [0.2, 0.25) is 0 Å². The SMILES string of the molecule is CCCn1cc(S(=O)(=O)N(Cc2ccccc2)C(C)C)cc1C(=O)O. The van der Waals surface area contributed by atoms with Gasteiger partial charge < -0.3 is 9.67 Å². The van der Waals surface area contributed by atoms with Gasteiger partial charge in [0.2, 0.25) is 10.0 Å². The summed E-state index contributed by atoms with van der Waals surface area (Å²) in [6, 6.07) is 10.3. The number of hydrogen-bond acceptors (Lipinski definition) is 3. The smallest absolute Gasteiger partial charge is 0.352 e. The molecule has 25 heavy (non-hydrogen) atoms. The predicted octanol–water partition coefficient (Wildman–Crippen LogP) is 3.20. The van der Waals surface area contributed by atoms with Gasteiger partial charge in [-0.15, -0.1) is 0 Å². The molecule has 7 heteroatoms. The number of nitrogens with zero attached hydrogens (tertiary/aromatic N) is 2. The van der Waals surface area contributed by atoms with Crippen LogP contribution in [-0.2, 0) is 23.1 Å². The van der Waals surface area contributed by atoms with Crippen LogP contribution in [0.3, 0.4) is 0 Å². The molecular formula is C18H24N2O4S. The molecule has 6 nitrogen and oxygen atoms in total. The molecule has 0 radical (unpaired) electrons. The van der Waals surface area contributed by atoms with E-state index in [0.717, 1.165) is 5.56 Å². The van der Waals surface area contributed by atoms with E-state index >= 15 is 0 Å². The van der Waals surface area contributed by atoms with Crippen LogP contribution in [0, 0.1) is 0 Å². The molecule has 0 fully saturated rings. The fourth-order valence-corrected chi connectivity index (χ4v) is 4.34. The number of sulfonamides is 1. The van der Waals surface area contributed by atoms with Crippen molar-refractivity contribution in [2.75, 3.05) is 0 Å². The zero-order valence-corrected chi connectivity index (χ0v) is 15.5. The van der Waals surface area contributed by atoms with Crippen LogP contribution in [-0.4, -0.2) is 34.4 Å². The number of hydrogen-bond donors (Lipinski definition) is 1. The number of aryl methyl sites for hydroxylation is 1. The minimum Gasteiger partial charge on any atom is -0.477 e. The maximum atomic E-state index is 13.1.